The van der Waals surface area contributed by atoms with Crippen molar-refractivity contribution in [1.82, 2.24) is 14.1 Å². The van der Waals surface area contributed by atoms with Crippen LogP contribution in [0.2, 0.25) is 0 Å². The van der Waals surface area contributed by atoms with Crippen LogP contribution >= 0.6 is 0 Å². The van der Waals surface area contributed by atoms with Crippen LogP contribution in [-0.4, -0.2) is 20.3 Å². The lowest BCUT2D eigenvalue weighted by molar-refractivity contribution is -0.177. The van der Waals surface area contributed by atoms with Gasteiger partial charge in [-0.25, -0.2) is 9.36 Å². The molecule has 164 valence electrons. The number of alkyl halides is 3. The molecule has 0 spiro atoms. The second-order valence-corrected chi connectivity index (χ2v) is 8.69. The summed E-state index contributed by atoms with van der Waals surface area (Å²) in [5, 5.41) is 10.8. The third-order valence-electron chi connectivity index (χ3n) is 6.64. The van der Waals surface area contributed by atoms with E-state index in [1.165, 1.54) is 10.8 Å². The molecule has 1 atom stereocenters. The Morgan fingerprint density at radius 2 is 1.94 bits per heavy atom. The Hall–Kier alpha value is -3.41. The Labute approximate surface area is 180 Å². The van der Waals surface area contributed by atoms with Crippen molar-refractivity contribution >= 4 is 10.8 Å². The zero-order valence-corrected chi connectivity index (χ0v) is 17.0. The number of nitriles is 1. The average molecular weight is 440 g/mol. The number of nitrogens with zero attached hydrogens (tertiary/aromatic N) is 4. The van der Waals surface area contributed by atoms with Crippen molar-refractivity contribution in [2.75, 3.05) is 0 Å². The molecule has 0 aliphatic heterocycles. The van der Waals surface area contributed by atoms with Crippen molar-refractivity contribution in [3.05, 3.63) is 68.8 Å². The first kappa shape index (κ1) is 20.5. The van der Waals surface area contributed by atoms with Crippen LogP contribution < -0.4 is 11.2 Å². The lowest BCUT2D eigenvalue weighted by Crippen LogP contribution is -2.46. The monoisotopic (exact) mass is 440 g/mol. The molecule has 2 aliphatic carbocycles. The largest absolute Gasteiger partial charge is 0.392 e. The zero-order valence-electron chi connectivity index (χ0n) is 17.0. The summed E-state index contributed by atoms with van der Waals surface area (Å²) in [6, 6.07) is 9.29. The Balaban J connectivity index is 1.79. The number of pyridine rings is 1. The SMILES string of the molecule is N#CC1(Cn2c3c(c(=O)n(-c4cncc5ccccc45)c2=O)C[C@H](C(F)(F)F)CC3)CC1. The maximum Gasteiger partial charge on any atom is 0.392 e. The van der Waals surface area contributed by atoms with Crippen molar-refractivity contribution < 1.29 is 13.2 Å². The van der Waals surface area contributed by atoms with Gasteiger partial charge >= 0.3 is 11.9 Å². The smallest absolute Gasteiger partial charge is 0.295 e. The quantitative estimate of drug-likeness (QED) is 0.624. The summed E-state index contributed by atoms with van der Waals surface area (Å²) < 4.78 is 42.7. The van der Waals surface area contributed by atoms with Crippen LogP contribution in [0.15, 0.2) is 46.2 Å². The van der Waals surface area contributed by atoms with Gasteiger partial charge in [-0.05, 0) is 32.1 Å². The minimum Gasteiger partial charge on any atom is -0.295 e. The molecule has 32 heavy (non-hydrogen) atoms. The molecule has 0 saturated heterocycles. The second kappa shape index (κ2) is 7.05. The summed E-state index contributed by atoms with van der Waals surface area (Å²) in [5.74, 6) is -1.64. The molecule has 0 amide bonds. The van der Waals surface area contributed by atoms with Crippen molar-refractivity contribution in [2.24, 2.45) is 11.3 Å². The van der Waals surface area contributed by atoms with E-state index in [4.69, 9.17) is 0 Å². The molecular formula is C23H19F3N4O2. The molecule has 9 heteroatoms. The van der Waals surface area contributed by atoms with E-state index < -0.39 is 35.2 Å². The fourth-order valence-electron chi connectivity index (χ4n) is 4.59. The molecule has 3 aromatic rings. The number of rotatable bonds is 3. The number of hydrogen-bond donors (Lipinski definition) is 0. The number of fused-ring (bicyclic) bond motifs is 2. The van der Waals surface area contributed by atoms with Gasteiger partial charge in [0.15, 0.2) is 0 Å². The first-order valence-corrected chi connectivity index (χ1v) is 10.4. The van der Waals surface area contributed by atoms with E-state index in [-0.39, 0.29) is 30.6 Å². The summed E-state index contributed by atoms with van der Waals surface area (Å²) in [7, 11) is 0. The van der Waals surface area contributed by atoms with Crippen molar-refractivity contribution in [2.45, 2.75) is 44.8 Å². The third-order valence-corrected chi connectivity index (χ3v) is 6.64. The van der Waals surface area contributed by atoms with Crippen LogP contribution in [0.4, 0.5) is 13.2 Å². The average Bonchev–Trinajstić information content (AvgIpc) is 3.56. The maximum absolute atomic E-state index is 13.6. The summed E-state index contributed by atoms with van der Waals surface area (Å²) >= 11 is 0. The summed E-state index contributed by atoms with van der Waals surface area (Å²) in [4.78, 5) is 31.1. The van der Waals surface area contributed by atoms with Crippen LogP contribution in [0.3, 0.4) is 0 Å². The van der Waals surface area contributed by atoms with Crippen molar-refractivity contribution in [1.29, 1.82) is 5.26 Å². The Morgan fingerprint density at radius 1 is 1.19 bits per heavy atom. The molecule has 0 N–H and O–H groups in total. The molecule has 0 radical (unpaired) electrons. The lowest BCUT2D eigenvalue weighted by Gasteiger charge is -2.29. The van der Waals surface area contributed by atoms with E-state index in [1.807, 2.05) is 0 Å². The molecule has 0 bridgehead atoms. The molecule has 2 heterocycles. The Morgan fingerprint density at radius 3 is 2.62 bits per heavy atom. The molecule has 1 saturated carbocycles. The first-order valence-electron chi connectivity index (χ1n) is 10.4. The summed E-state index contributed by atoms with van der Waals surface area (Å²) in [6.45, 7) is 0.0693. The fraction of sp³-hybridized carbons (Fsp3) is 0.391. The predicted octanol–water partition coefficient (Wildman–Crippen LogP) is 3.52. The minimum absolute atomic E-state index is 0.000140. The summed E-state index contributed by atoms with van der Waals surface area (Å²) in [6.07, 6.45) is -0.917. The molecule has 6 nitrogen and oxygen atoms in total. The molecule has 1 fully saturated rings. The van der Waals surface area contributed by atoms with Gasteiger partial charge in [-0.15, -0.1) is 0 Å². The Kier molecular flexibility index (Phi) is 4.52. The maximum atomic E-state index is 13.6. The van der Waals surface area contributed by atoms with E-state index in [0.717, 1.165) is 4.57 Å². The molecular weight excluding hydrogens is 421 g/mol. The van der Waals surface area contributed by atoms with E-state index >= 15 is 0 Å². The van der Waals surface area contributed by atoms with E-state index in [9.17, 15) is 28.0 Å². The van der Waals surface area contributed by atoms with Crippen molar-refractivity contribution in [3.8, 4) is 11.8 Å². The Bertz CT molecular complexity index is 1390. The first-order chi connectivity index (χ1) is 15.2. The highest BCUT2D eigenvalue weighted by atomic mass is 19.4. The molecule has 1 aromatic carbocycles. The van der Waals surface area contributed by atoms with Gasteiger partial charge < -0.3 is 0 Å². The predicted molar refractivity (Wildman–Crippen MR) is 110 cm³/mol. The normalized spacial score (nSPS) is 19.4. The van der Waals surface area contributed by atoms with Gasteiger partial charge in [0.25, 0.3) is 5.56 Å². The number of benzene rings is 1. The minimum atomic E-state index is -4.43. The van der Waals surface area contributed by atoms with Gasteiger partial charge in [-0.3, -0.25) is 14.3 Å². The van der Waals surface area contributed by atoms with Gasteiger partial charge in [0, 0.05) is 34.8 Å². The standard InChI is InChI=1S/C23H19F3N4O2/c24-23(25,26)15-5-6-18-17(9-15)20(31)30(21(32)29(18)13-22(12-27)7-8-22)19-11-28-10-14-3-1-2-4-16(14)19/h1-4,10-11,15H,5-9,13H2/t15-/m1/s1. The molecule has 2 aliphatic rings. The number of halogens is 3. The fourth-order valence-corrected chi connectivity index (χ4v) is 4.59. The van der Waals surface area contributed by atoms with Gasteiger partial charge in [0.05, 0.1) is 29.3 Å². The highest BCUT2D eigenvalue weighted by Gasteiger charge is 2.46. The van der Waals surface area contributed by atoms with Gasteiger partial charge in [-0.2, -0.15) is 18.4 Å². The van der Waals surface area contributed by atoms with E-state index in [2.05, 4.69) is 11.1 Å². The van der Waals surface area contributed by atoms with Crippen LogP contribution in [-0.2, 0) is 19.4 Å². The third kappa shape index (κ3) is 3.22. The number of aromatic nitrogens is 3. The topological polar surface area (TPSA) is 80.7 Å². The molecule has 5 rings (SSSR count). The van der Waals surface area contributed by atoms with Crippen molar-refractivity contribution in [3.63, 3.8) is 0 Å². The van der Waals surface area contributed by atoms with E-state index in [1.54, 1.807) is 30.5 Å². The van der Waals surface area contributed by atoms with Gasteiger partial charge in [-0.1, -0.05) is 24.3 Å². The molecule has 2 aromatic heterocycles. The second-order valence-electron chi connectivity index (χ2n) is 8.69. The lowest BCUT2D eigenvalue weighted by atomic mass is 9.86. The van der Waals surface area contributed by atoms with Crippen LogP contribution in [0.5, 0.6) is 0 Å². The van der Waals surface area contributed by atoms with Crippen LogP contribution in [0.1, 0.15) is 30.5 Å². The van der Waals surface area contributed by atoms with E-state index in [0.29, 0.717) is 29.3 Å². The zero-order chi connectivity index (χ0) is 22.7. The highest BCUT2D eigenvalue weighted by molar-refractivity contribution is 5.89. The van der Waals surface area contributed by atoms with Gasteiger partial charge in [0.2, 0.25) is 0 Å². The number of hydrogen-bond acceptors (Lipinski definition) is 4. The molecule has 0 unspecified atom stereocenters. The van der Waals surface area contributed by atoms with Crippen LogP contribution in [0, 0.1) is 22.7 Å². The van der Waals surface area contributed by atoms with Gasteiger partial charge in [0.1, 0.15) is 0 Å². The van der Waals surface area contributed by atoms with Crippen LogP contribution in [0.25, 0.3) is 16.5 Å². The highest BCUT2D eigenvalue weighted by Crippen LogP contribution is 2.46. The summed E-state index contributed by atoms with van der Waals surface area (Å²) in [5.41, 5.74) is -1.54.